The molecule has 9 heteroatoms. The number of hydrogen-bond acceptors (Lipinski definition) is 7. The highest BCUT2D eigenvalue weighted by molar-refractivity contribution is 7.99. The molecule has 2 heterocycles. The van der Waals surface area contributed by atoms with E-state index in [0.29, 0.717) is 18.3 Å². The van der Waals surface area contributed by atoms with Gasteiger partial charge >= 0.3 is 0 Å². The van der Waals surface area contributed by atoms with Gasteiger partial charge < -0.3 is 15.4 Å². The summed E-state index contributed by atoms with van der Waals surface area (Å²) in [4.78, 5) is 20.8. The first-order chi connectivity index (χ1) is 11.9. The molecule has 0 atom stereocenters. The number of anilines is 1. The van der Waals surface area contributed by atoms with Crippen LogP contribution in [0, 0.1) is 0 Å². The number of carbonyl (C=O) groups excluding carboxylic acids is 1. The lowest BCUT2D eigenvalue weighted by Crippen LogP contribution is -2.30. The molecule has 2 aromatic rings. The maximum Gasteiger partial charge on any atom is 0.246 e. The normalized spacial score (nSPS) is 11.5. The summed E-state index contributed by atoms with van der Waals surface area (Å²) in [5, 5.41) is 12.5. The molecule has 0 aliphatic carbocycles. The summed E-state index contributed by atoms with van der Waals surface area (Å²) in [6, 6.07) is 0.256. The average molecular weight is 366 g/mol. The maximum absolute atomic E-state index is 11.5. The third kappa shape index (κ3) is 5.57. The van der Waals surface area contributed by atoms with Gasteiger partial charge in [0, 0.05) is 24.9 Å². The van der Waals surface area contributed by atoms with Crippen LogP contribution >= 0.6 is 11.8 Å². The highest BCUT2D eigenvalue weighted by Gasteiger charge is 2.15. The number of thioether (sulfide) groups is 1. The number of carbonyl (C=O) groups is 1. The first-order valence-corrected chi connectivity index (χ1v) is 9.21. The molecule has 1 amide bonds. The third-order valence-corrected chi connectivity index (χ3v) is 4.03. The van der Waals surface area contributed by atoms with Crippen molar-refractivity contribution in [2.75, 3.05) is 25.6 Å². The maximum atomic E-state index is 11.5. The summed E-state index contributed by atoms with van der Waals surface area (Å²) >= 11 is 1.61. The number of rotatable bonds is 9. The molecule has 0 aliphatic rings. The summed E-state index contributed by atoms with van der Waals surface area (Å²) in [6.07, 6.45) is 1.76. The number of nitrogens with one attached hydrogen (secondary N) is 2. The molecular weight excluding hydrogens is 340 g/mol. The van der Waals surface area contributed by atoms with Crippen LogP contribution in [0.1, 0.15) is 27.7 Å². The van der Waals surface area contributed by atoms with Crippen LogP contribution in [0.2, 0.25) is 0 Å². The van der Waals surface area contributed by atoms with Crippen LogP contribution in [0.3, 0.4) is 0 Å². The predicted molar refractivity (Wildman–Crippen MR) is 100.0 cm³/mol. The Hall–Kier alpha value is -1.87. The first-order valence-electron chi connectivity index (χ1n) is 8.33. The molecule has 0 aromatic carbocycles. The molecule has 8 nitrogen and oxygen atoms in total. The lowest BCUT2D eigenvalue weighted by Gasteiger charge is -2.12. The molecule has 0 radical (unpaired) electrons. The minimum atomic E-state index is -0.146. The lowest BCUT2D eigenvalue weighted by atomic mass is 10.3. The third-order valence-electron chi connectivity index (χ3n) is 3.16. The number of nitrogens with zero attached hydrogens (tertiary/aromatic N) is 4. The van der Waals surface area contributed by atoms with E-state index in [-0.39, 0.29) is 18.6 Å². The minimum absolute atomic E-state index is 0.0552. The van der Waals surface area contributed by atoms with Gasteiger partial charge in [-0.15, -0.1) is 0 Å². The van der Waals surface area contributed by atoms with Crippen LogP contribution in [0.15, 0.2) is 11.4 Å². The largest absolute Gasteiger partial charge is 0.375 e. The van der Waals surface area contributed by atoms with Crippen molar-refractivity contribution in [2.24, 2.45) is 0 Å². The lowest BCUT2D eigenvalue weighted by molar-refractivity contribution is -0.124. The molecule has 2 aromatic heterocycles. The van der Waals surface area contributed by atoms with Gasteiger partial charge in [0.25, 0.3) is 0 Å². The van der Waals surface area contributed by atoms with Gasteiger partial charge in [-0.3, -0.25) is 4.79 Å². The van der Waals surface area contributed by atoms with E-state index in [4.69, 9.17) is 4.74 Å². The van der Waals surface area contributed by atoms with Gasteiger partial charge in [0.15, 0.2) is 10.8 Å². The first kappa shape index (κ1) is 19.5. The van der Waals surface area contributed by atoms with Gasteiger partial charge in [-0.1, -0.05) is 25.6 Å². The van der Waals surface area contributed by atoms with Crippen molar-refractivity contribution in [3.63, 3.8) is 0 Å². The van der Waals surface area contributed by atoms with Crippen molar-refractivity contribution >= 4 is 34.5 Å². The fourth-order valence-corrected chi connectivity index (χ4v) is 2.93. The molecule has 0 saturated heterocycles. The van der Waals surface area contributed by atoms with E-state index in [1.807, 2.05) is 0 Å². The quantitative estimate of drug-likeness (QED) is 0.517. The molecular formula is C16H26N6O2S. The van der Waals surface area contributed by atoms with Crippen LogP contribution in [0.25, 0.3) is 11.0 Å². The second kappa shape index (κ2) is 9.00. The molecule has 138 valence electrons. The molecule has 25 heavy (non-hydrogen) atoms. The van der Waals surface area contributed by atoms with Gasteiger partial charge in [-0.05, 0) is 13.8 Å². The Labute approximate surface area is 152 Å². The molecule has 0 aliphatic heterocycles. The topological polar surface area (TPSA) is 94.0 Å². The minimum Gasteiger partial charge on any atom is -0.375 e. The summed E-state index contributed by atoms with van der Waals surface area (Å²) < 4.78 is 6.59. The zero-order chi connectivity index (χ0) is 18.4. The van der Waals surface area contributed by atoms with E-state index in [1.165, 1.54) is 7.11 Å². The smallest absolute Gasteiger partial charge is 0.246 e. The Bertz CT molecular complexity index is 716. The molecule has 0 unspecified atom stereocenters. The summed E-state index contributed by atoms with van der Waals surface area (Å²) in [5.74, 6) is 0.643. The second-order valence-electron chi connectivity index (χ2n) is 6.21. The predicted octanol–water partition coefficient (Wildman–Crippen LogP) is 1.91. The van der Waals surface area contributed by atoms with E-state index in [2.05, 4.69) is 53.4 Å². The molecule has 2 rings (SSSR count). The number of methoxy groups -OCH3 is 1. The monoisotopic (exact) mass is 366 g/mol. The number of aromatic nitrogens is 4. The number of fused-ring (bicyclic) bond motifs is 1. The molecule has 0 bridgehead atoms. The van der Waals surface area contributed by atoms with Crippen molar-refractivity contribution in [3.05, 3.63) is 6.20 Å². The van der Waals surface area contributed by atoms with Crippen LogP contribution in [0.5, 0.6) is 0 Å². The van der Waals surface area contributed by atoms with Crippen molar-refractivity contribution in [1.82, 2.24) is 25.1 Å². The Balaban J connectivity index is 2.24. The fourth-order valence-electron chi connectivity index (χ4n) is 2.23. The zero-order valence-corrected chi connectivity index (χ0v) is 16.2. The molecule has 0 fully saturated rings. The van der Waals surface area contributed by atoms with Crippen molar-refractivity contribution < 1.29 is 9.53 Å². The molecule has 0 saturated carbocycles. The van der Waals surface area contributed by atoms with Crippen LogP contribution < -0.4 is 10.6 Å². The summed E-state index contributed by atoms with van der Waals surface area (Å²) in [6.45, 7) is 9.40. The Morgan fingerprint density at radius 2 is 2.08 bits per heavy atom. The van der Waals surface area contributed by atoms with Gasteiger partial charge in [0.05, 0.1) is 18.1 Å². The van der Waals surface area contributed by atoms with Gasteiger partial charge in [-0.2, -0.15) is 5.10 Å². The van der Waals surface area contributed by atoms with Crippen molar-refractivity contribution in [2.45, 2.75) is 50.7 Å². The van der Waals surface area contributed by atoms with Crippen molar-refractivity contribution in [3.8, 4) is 0 Å². The molecule has 0 spiro atoms. The van der Waals surface area contributed by atoms with Gasteiger partial charge in [0.1, 0.15) is 12.4 Å². The van der Waals surface area contributed by atoms with Crippen LogP contribution in [-0.2, 0) is 16.1 Å². The highest BCUT2D eigenvalue weighted by Crippen LogP contribution is 2.26. The fraction of sp³-hybridized carbons (Fsp3) is 0.625. The van der Waals surface area contributed by atoms with Crippen LogP contribution in [0.4, 0.5) is 5.82 Å². The molecule has 2 N–H and O–H groups in total. The van der Waals surface area contributed by atoms with Gasteiger partial charge in [0.2, 0.25) is 5.91 Å². The number of hydrogen-bond donors (Lipinski definition) is 2. The number of amides is 1. The van der Waals surface area contributed by atoms with E-state index >= 15 is 0 Å². The Morgan fingerprint density at radius 3 is 2.72 bits per heavy atom. The summed E-state index contributed by atoms with van der Waals surface area (Å²) in [7, 11) is 1.49. The van der Waals surface area contributed by atoms with E-state index in [1.54, 1.807) is 22.6 Å². The number of ether oxygens (including phenoxy) is 1. The van der Waals surface area contributed by atoms with Crippen LogP contribution in [-0.4, -0.2) is 57.2 Å². The SMILES string of the molecule is COCC(=O)NCCn1ncc2c(NC(C)C)nc(SC(C)C)nc21. The Morgan fingerprint density at radius 1 is 1.32 bits per heavy atom. The second-order valence-corrected chi connectivity index (χ2v) is 7.75. The standard InChI is InChI=1S/C16H26N6O2S/c1-10(2)19-14-12-8-18-22(7-6-17-13(23)9-24-5)15(12)21-16(20-14)25-11(3)4/h8,10-11H,6-7,9H2,1-5H3,(H,17,23)(H,19,20,21). The average Bonchev–Trinajstić information content (AvgIpc) is 2.90. The zero-order valence-electron chi connectivity index (χ0n) is 15.4. The summed E-state index contributed by atoms with van der Waals surface area (Å²) in [5.41, 5.74) is 0.766. The van der Waals surface area contributed by atoms with E-state index < -0.39 is 0 Å². The van der Waals surface area contributed by atoms with E-state index in [9.17, 15) is 4.79 Å². The van der Waals surface area contributed by atoms with Gasteiger partial charge in [-0.25, -0.2) is 14.6 Å². The Kier molecular flexibility index (Phi) is 7.01. The highest BCUT2D eigenvalue weighted by atomic mass is 32.2. The van der Waals surface area contributed by atoms with E-state index in [0.717, 1.165) is 22.0 Å². The van der Waals surface area contributed by atoms with Crippen molar-refractivity contribution in [1.29, 1.82) is 0 Å².